The van der Waals surface area contributed by atoms with E-state index in [4.69, 9.17) is 0 Å². The Balaban J connectivity index is 2.96. The zero-order chi connectivity index (χ0) is 12.8. The molecule has 0 aliphatic heterocycles. The van der Waals surface area contributed by atoms with Crippen LogP contribution >= 0.6 is 22.9 Å². The largest absolute Gasteiger partial charge is 0.299 e. The third-order valence-corrected chi connectivity index (χ3v) is 3.71. The lowest BCUT2D eigenvalue weighted by molar-refractivity contribution is -0.118. The summed E-state index contributed by atoms with van der Waals surface area (Å²) in [7, 11) is 0. The molecule has 0 unspecified atom stereocenters. The number of amides is 1. The first kappa shape index (κ1) is 17.2. The lowest BCUT2D eigenvalue weighted by Crippen LogP contribution is -2.10. The van der Waals surface area contributed by atoms with Gasteiger partial charge in [0.25, 0.3) is 0 Å². The Labute approximate surface area is 121 Å². The van der Waals surface area contributed by atoms with Gasteiger partial charge in [-0.25, -0.2) is 0 Å². The zero-order valence-electron chi connectivity index (χ0n) is 11.3. The molecule has 0 aliphatic carbocycles. The highest BCUT2D eigenvalue weighted by atomic mass is 127. The van der Waals surface area contributed by atoms with Gasteiger partial charge in [0.1, 0.15) is 0 Å². The summed E-state index contributed by atoms with van der Waals surface area (Å²) in [5.41, 5.74) is 0. The summed E-state index contributed by atoms with van der Waals surface area (Å²) in [6.45, 7) is 2.26. The molecule has 0 aliphatic rings. The minimum absolute atomic E-state index is 0.168. The van der Waals surface area contributed by atoms with Gasteiger partial charge in [-0.2, -0.15) is 0 Å². The summed E-state index contributed by atoms with van der Waals surface area (Å²) < 4.78 is 2.63. The molecule has 0 bridgehead atoms. The van der Waals surface area contributed by atoms with E-state index in [2.05, 4.69) is 10.5 Å². The summed E-state index contributed by atoms with van der Waals surface area (Å²) in [6, 6.07) is 0. The van der Waals surface area contributed by atoms with Crippen LogP contribution in [0.5, 0.6) is 0 Å². The summed E-state index contributed by atoms with van der Waals surface area (Å²) in [5, 5.41) is 0. The van der Waals surface area contributed by atoms with Crippen molar-refractivity contribution in [3.63, 3.8) is 0 Å². The average Bonchev–Trinajstić information content (AvgIpc) is 2.35. The van der Waals surface area contributed by atoms with Crippen LogP contribution in [0.1, 0.15) is 84.0 Å². The highest BCUT2D eigenvalue weighted by Gasteiger charge is 1.97. The highest BCUT2D eigenvalue weighted by molar-refractivity contribution is 14.1. The van der Waals surface area contributed by atoms with E-state index in [1.54, 1.807) is 0 Å². The minimum atomic E-state index is 0.168. The maximum Gasteiger partial charge on any atom is 0.228 e. The molecule has 2 nitrogen and oxygen atoms in total. The van der Waals surface area contributed by atoms with Gasteiger partial charge in [0.05, 0.1) is 22.9 Å². The molecule has 0 saturated carbocycles. The molecule has 0 atom stereocenters. The Morgan fingerprint density at radius 1 is 0.824 bits per heavy atom. The summed E-state index contributed by atoms with van der Waals surface area (Å²) >= 11 is 1.91. The molecule has 1 amide bonds. The van der Waals surface area contributed by atoms with E-state index in [0.717, 1.165) is 6.42 Å². The molecular weight excluding hydrogens is 325 g/mol. The first-order chi connectivity index (χ1) is 8.31. The monoisotopic (exact) mass is 353 g/mol. The van der Waals surface area contributed by atoms with Crippen molar-refractivity contribution >= 4 is 28.8 Å². The lowest BCUT2D eigenvalue weighted by atomic mass is 10.1. The van der Waals surface area contributed by atoms with Gasteiger partial charge in [0.2, 0.25) is 5.91 Å². The first-order valence-corrected chi connectivity index (χ1v) is 8.28. The van der Waals surface area contributed by atoms with Crippen LogP contribution in [0.3, 0.4) is 0 Å². The van der Waals surface area contributed by atoms with Crippen LogP contribution in [0.4, 0.5) is 0 Å². The van der Waals surface area contributed by atoms with E-state index >= 15 is 0 Å². The molecule has 0 heterocycles. The van der Waals surface area contributed by atoms with E-state index < -0.39 is 0 Å². The van der Waals surface area contributed by atoms with Crippen molar-refractivity contribution in [2.75, 3.05) is 0 Å². The van der Waals surface area contributed by atoms with Gasteiger partial charge >= 0.3 is 0 Å². The molecule has 0 aromatic carbocycles. The predicted molar refractivity (Wildman–Crippen MR) is 83.2 cm³/mol. The van der Waals surface area contributed by atoms with E-state index in [1.165, 1.54) is 64.2 Å². The topological polar surface area (TPSA) is 29.1 Å². The highest BCUT2D eigenvalue weighted by Crippen LogP contribution is 2.11. The van der Waals surface area contributed by atoms with Crippen LogP contribution in [0.2, 0.25) is 0 Å². The molecule has 102 valence electrons. The molecule has 0 saturated heterocycles. The number of hydrogen-bond acceptors (Lipinski definition) is 1. The molecular formula is C14H28INO. The van der Waals surface area contributed by atoms with Crippen LogP contribution in [0.15, 0.2) is 0 Å². The third kappa shape index (κ3) is 14.1. The average molecular weight is 353 g/mol. The second-order valence-corrected chi connectivity index (χ2v) is 5.34. The standard InChI is InChI=1S/C14H28INO/c1-2-3-4-5-6-7-8-9-10-11-12-13-14(17)16-15/h2-13H2,1H3,(H,16,17). The second-order valence-electron chi connectivity index (χ2n) is 4.80. The molecule has 0 spiro atoms. The number of hydrogen-bond donors (Lipinski definition) is 1. The van der Waals surface area contributed by atoms with Gasteiger partial charge in [-0.05, 0) is 6.42 Å². The Morgan fingerprint density at radius 2 is 1.24 bits per heavy atom. The van der Waals surface area contributed by atoms with E-state index in [1.807, 2.05) is 22.9 Å². The Morgan fingerprint density at radius 3 is 1.65 bits per heavy atom. The van der Waals surface area contributed by atoms with Gasteiger partial charge in [0, 0.05) is 6.42 Å². The lowest BCUT2D eigenvalue weighted by Gasteiger charge is -2.02. The van der Waals surface area contributed by atoms with Crippen LogP contribution in [-0.2, 0) is 4.79 Å². The van der Waals surface area contributed by atoms with Gasteiger partial charge in [-0.15, -0.1) is 0 Å². The fourth-order valence-electron chi connectivity index (χ4n) is 2.00. The fourth-order valence-corrected chi connectivity index (χ4v) is 2.27. The number of rotatable bonds is 12. The smallest absolute Gasteiger partial charge is 0.228 e. The summed E-state index contributed by atoms with van der Waals surface area (Å²) in [4.78, 5) is 11.0. The van der Waals surface area contributed by atoms with Crippen molar-refractivity contribution < 1.29 is 4.79 Å². The second kappa shape index (κ2) is 14.3. The Kier molecular flexibility index (Phi) is 14.4. The van der Waals surface area contributed by atoms with Crippen LogP contribution in [-0.4, -0.2) is 5.91 Å². The van der Waals surface area contributed by atoms with Crippen molar-refractivity contribution in [2.45, 2.75) is 84.0 Å². The number of carbonyl (C=O) groups excluding carboxylic acids is 1. The van der Waals surface area contributed by atoms with Gasteiger partial charge in [-0.3, -0.25) is 8.32 Å². The van der Waals surface area contributed by atoms with E-state index in [-0.39, 0.29) is 5.91 Å². The number of carbonyl (C=O) groups is 1. The first-order valence-electron chi connectivity index (χ1n) is 7.20. The molecule has 0 aromatic rings. The van der Waals surface area contributed by atoms with Gasteiger partial charge in [0.15, 0.2) is 0 Å². The molecule has 0 radical (unpaired) electrons. The van der Waals surface area contributed by atoms with Crippen LogP contribution in [0, 0.1) is 0 Å². The quantitative estimate of drug-likeness (QED) is 0.293. The van der Waals surface area contributed by atoms with Crippen molar-refractivity contribution in [1.82, 2.24) is 3.53 Å². The van der Waals surface area contributed by atoms with Crippen LogP contribution in [0.25, 0.3) is 0 Å². The van der Waals surface area contributed by atoms with Gasteiger partial charge in [-0.1, -0.05) is 71.1 Å². The molecule has 0 fully saturated rings. The van der Waals surface area contributed by atoms with Crippen LogP contribution < -0.4 is 3.53 Å². The Bertz CT molecular complexity index is 174. The van der Waals surface area contributed by atoms with Crippen molar-refractivity contribution in [3.05, 3.63) is 0 Å². The fraction of sp³-hybridized carbons (Fsp3) is 0.929. The summed E-state index contributed by atoms with van der Waals surface area (Å²) in [6.07, 6.45) is 15.4. The minimum Gasteiger partial charge on any atom is -0.299 e. The Hall–Kier alpha value is 0.200. The molecule has 0 rings (SSSR count). The van der Waals surface area contributed by atoms with Crippen molar-refractivity contribution in [3.8, 4) is 0 Å². The number of unbranched alkanes of at least 4 members (excludes halogenated alkanes) is 10. The molecule has 0 aromatic heterocycles. The maximum absolute atomic E-state index is 11.0. The molecule has 3 heteroatoms. The van der Waals surface area contributed by atoms with Crippen molar-refractivity contribution in [2.24, 2.45) is 0 Å². The summed E-state index contributed by atoms with van der Waals surface area (Å²) in [5.74, 6) is 0.168. The normalized spacial score (nSPS) is 10.5. The SMILES string of the molecule is CCCCCCCCCCCCCC(=O)NI. The van der Waals surface area contributed by atoms with E-state index in [9.17, 15) is 4.79 Å². The molecule has 1 N–H and O–H groups in total. The predicted octanol–water partition coefficient (Wildman–Crippen LogP) is 5.15. The number of halogens is 1. The molecule has 17 heavy (non-hydrogen) atoms. The number of nitrogens with one attached hydrogen (secondary N) is 1. The van der Waals surface area contributed by atoms with Crippen molar-refractivity contribution in [1.29, 1.82) is 0 Å². The van der Waals surface area contributed by atoms with Gasteiger partial charge < -0.3 is 0 Å². The zero-order valence-corrected chi connectivity index (χ0v) is 13.4. The maximum atomic E-state index is 11.0. The third-order valence-electron chi connectivity index (χ3n) is 3.11. The van der Waals surface area contributed by atoms with E-state index in [0.29, 0.717) is 6.42 Å².